The maximum absolute atomic E-state index is 11.3. The molecule has 0 aliphatic carbocycles. The number of hydrogen-bond acceptors (Lipinski definition) is 2. The van der Waals surface area contributed by atoms with E-state index in [1.54, 1.807) is 0 Å². The first-order chi connectivity index (χ1) is 14.5. The van der Waals surface area contributed by atoms with Crippen LogP contribution in [-0.2, 0) is 0 Å². The Morgan fingerprint density at radius 1 is 0.742 bits per heavy atom. The Balaban J connectivity index is 2.16. The molecule has 0 spiro atoms. The molecule has 1 N–H and O–H groups in total. The van der Waals surface area contributed by atoms with Gasteiger partial charge >= 0.3 is 0 Å². The van der Waals surface area contributed by atoms with Crippen molar-refractivity contribution in [1.29, 1.82) is 0 Å². The van der Waals surface area contributed by atoms with E-state index in [1.807, 2.05) is 19.1 Å². The summed E-state index contributed by atoms with van der Waals surface area (Å²) >= 11 is 0. The predicted molar refractivity (Wildman–Crippen MR) is 136 cm³/mol. The average molecular weight is 429 g/mol. The largest absolute Gasteiger partial charge is 0.543 e. The van der Waals surface area contributed by atoms with Gasteiger partial charge in [0.2, 0.25) is 0 Å². The molecule has 3 heteroatoms. The molecule has 4 aromatic carbocycles. The number of benzene rings is 4. The fourth-order valence-electron chi connectivity index (χ4n) is 3.99. The Labute approximate surface area is 186 Å². The van der Waals surface area contributed by atoms with E-state index >= 15 is 0 Å². The molecule has 0 aliphatic rings. The van der Waals surface area contributed by atoms with Crippen molar-refractivity contribution < 1.29 is 9.53 Å². The summed E-state index contributed by atoms with van der Waals surface area (Å²) in [6.45, 7) is 15.4. The molecule has 0 unspecified atom stereocenters. The summed E-state index contributed by atoms with van der Waals surface area (Å²) in [6.07, 6.45) is 0. The van der Waals surface area contributed by atoms with E-state index in [0.717, 1.165) is 49.5 Å². The van der Waals surface area contributed by atoms with Crippen LogP contribution in [0, 0.1) is 13.8 Å². The van der Waals surface area contributed by atoms with Gasteiger partial charge in [-0.1, -0.05) is 69.3 Å². The molecule has 0 amide bonds. The van der Waals surface area contributed by atoms with E-state index in [1.165, 1.54) is 0 Å². The second kappa shape index (κ2) is 7.42. The quantitative estimate of drug-likeness (QED) is 0.332. The molecule has 0 aliphatic heterocycles. The van der Waals surface area contributed by atoms with Crippen LogP contribution in [0.4, 0.5) is 0 Å². The summed E-state index contributed by atoms with van der Waals surface area (Å²) in [7, 11) is -2.11. The molecule has 2 nitrogen and oxygen atoms in total. The minimum absolute atomic E-state index is 0.0685. The number of phenolic OH excluding ortho intramolecular Hbond substituents is 1. The van der Waals surface area contributed by atoms with Crippen LogP contribution < -0.4 is 4.43 Å². The zero-order chi connectivity index (χ0) is 22.6. The normalized spacial score (nSPS) is 12.5. The van der Waals surface area contributed by atoms with Crippen LogP contribution in [0.15, 0.2) is 60.7 Å². The van der Waals surface area contributed by atoms with Gasteiger partial charge in [-0.2, -0.15) is 0 Å². The molecule has 0 saturated heterocycles. The van der Waals surface area contributed by atoms with Gasteiger partial charge in [-0.3, -0.25) is 0 Å². The lowest BCUT2D eigenvalue weighted by Crippen LogP contribution is -2.44. The van der Waals surface area contributed by atoms with E-state index in [-0.39, 0.29) is 5.04 Å². The van der Waals surface area contributed by atoms with Gasteiger partial charge in [0.15, 0.2) is 0 Å². The first-order valence-corrected chi connectivity index (χ1v) is 13.8. The highest BCUT2D eigenvalue weighted by atomic mass is 28.4. The van der Waals surface area contributed by atoms with Gasteiger partial charge in [0.1, 0.15) is 11.5 Å². The van der Waals surface area contributed by atoms with Crippen molar-refractivity contribution in [2.45, 2.75) is 52.8 Å². The van der Waals surface area contributed by atoms with Crippen LogP contribution in [0.5, 0.6) is 11.5 Å². The van der Waals surface area contributed by atoms with Crippen molar-refractivity contribution in [1.82, 2.24) is 0 Å². The van der Waals surface area contributed by atoms with Gasteiger partial charge in [-0.25, -0.2) is 0 Å². The number of fused-ring (bicyclic) bond motifs is 2. The molecular formula is C28H32O2Si. The van der Waals surface area contributed by atoms with Gasteiger partial charge < -0.3 is 9.53 Å². The SMILES string of the molecule is Cc1cc2ccccc2c(-c2c(O[Si](C)(C)C(C)(C)C)c(C)cc3ccccc23)c1O. The average Bonchev–Trinajstić information content (AvgIpc) is 2.69. The van der Waals surface area contributed by atoms with Gasteiger partial charge in [-0.15, -0.1) is 0 Å². The van der Waals surface area contributed by atoms with Crippen molar-refractivity contribution in [3.8, 4) is 22.6 Å². The molecule has 160 valence electrons. The van der Waals surface area contributed by atoms with E-state index in [2.05, 4.69) is 89.3 Å². The smallest absolute Gasteiger partial charge is 0.250 e. The minimum atomic E-state index is -2.11. The summed E-state index contributed by atoms with van der Waals surface area (Å²) in [5.74, 6) is 1.23. The highest BCUT2D eigenvalue weighted by Gasteiger charge is 2.40. The third kappa shape index (κ3) is 3.61. The maximum atomic E-state index is 11.3. The summed E-state index contributed by atoms with van der Waals surface area (Å²) in [6, 6.07) is 20.9. The van der Waals surface area contributed by atoms with Crippen LogP contribution in [0.3, 0.4) is 0 Å². The molecule has 0 aromatic heterocycles. The van der Waals surface area contributed by atoms with Gasteiger partial charge in [0.25, 0.3) is 8.32 Å². The van der Waals surface area contributed by atoms with Crippen molar-refractivity contribution in [3.63, 3.8) is 0 Å². The molecular weight excluding hydrogens is 396 g/mol. The van der Waals surface area contributed by atoms with Crippen molar-refractivity contribution in [2.24, 2.45) is 0 Å². The molecule has 0 radical (unpaired) electrons. The van der Waals surface area contributed by atoms with Crippen LogP contribution >= 0.6 is 0 Å². The van der Waals surface area contributed by atoms with E-state index in [9.17, 15) is 5.11 Å². The summed E-state index contributed by atoms with van der Waals surface area (Å²) < 4.78 is 6.96. The summed E-state index contributed by atoms with van der Waals surface area (Å²) in [5, 5.41) is 15.8. The molecule has 31 heavy (non-hydrogen) atoms. The zero-order valence-corrected chi connectivity index (χ0v) is 20.6. The first kappa shape index (κ1) is 21.4. The lowest BCUT2D eigenvalue weighted by molar-refractivity contribution is 0.472. The third-order valence-electron chi connectivity index (χ3n) is 6.81. The van der Waals surface area contributed by atoms with Crippen LogP contribution in [-0.4, -0.2) is 13.4 Å². The number of phenols is 1. The lowest BCUT2D eigenvalue weighted by Gasteiger charge is -2.38. The molecule has 4 rings (SSSR count). The zero-order valence-electron chi connectivity index (χ0n) is 19.6. The van der Waals surface area contributed by atoms with E-state index < -0.39 is 8.32 Å². The lowest BCUT2D eigenvalue weighted by atomic mass is 9.89. The van der Waals surface area contributed by atoms with Crippen molar-refractivity contribution in [2.75, 3.05) is 0 Å². The van der Waals surface area contributed by atoms with Crippen LogP contribution in [0.2, 0.25) is 18.1 Å². The Hall–Kier alpha value is -2.78. The van der Waals surface area contributed by atoms with Crippen molar-refractivity contribution in [3.05, 3.63) is 71.8 Å². The van der Waals surface area contributed by atoms with Crippen LogP contribution in [0.25, 0.3) is 32.7 Å². The van der Waals surface area contributed by atoms with Gasteiger partial charge in [0, 0.05) is 11.1 Å². The molecule has 0 heterocycles. The summed E-state index contributed by atoms with van der Waals surface area (Å²) in [4.78, 5) is 0. The fraction of sp³-hybridized carbons (Fsp3) is 0.286. The Morgan fingerprint density at radius 3 is 1.77 bits per heavy atom. The molecule has 0 atom stereocenters. The number of hydrogen-bond donors (Lipinski definition) is 1. The standard InChI is InChI=1S/C28H32O2Si/c1-18-16-20-12-8-10-14-22(20)24(26(18)29)25-23-15-11-9-13-21(23)17-19(2)27(25)30-31(6,7)28(3,4)5/h8-17,29H,1-7H3. The second-order valence-corrected chi connectivity index (χ2v) is 14.8. The first-order valence-electron chi connectivity index (χ1n) is 10.9. The van der Waals surface area contributed by atoms with E-state index in [0.29, 0.717) is 5.75 Å². The number of aryl methyl sites for hydroxylation is 2. The molecule has 0 bridgehead atoms. The highest BCUT2D eigenvalue weighted by Crippen LogP contribution is 2.49. The fourth-order valence-corrected chi connectivity index (χ4v) is 5.07. The monoisotopic (exact) mass is 428 g/mol. The second-order valence-electron chi connectivity index (χ2n) is 10.1. The molecule has 0 fully saturated rings. The van der Waals surface area contributed by atoms with Gasteiger partial charge in [0.05, 0.1) is 0 Å². The minimum Gasteiger partial charge on any atom is -0.543 e. The molecule has 4 aromatic rings. The molecule has 0 saturated carbocycles. The van der Waals surface area contributed by atoms with Crippen molar-refractivity contribution >= 4 is 29.9 Å². The van der Waals surface area contributed by atoms with Crippen LogP contribution in [0.1, 0.15) is 31.9 Å². The number of aromatic hydroxyl groups is 1. The third-order valence-corrected chi connectivity index (χ3v) is 11.1. The number of rotatable bonds is 3. The predicted octanol–water partition coefficient (Wildman–Crippen LogP) is 8.37. The Kier molecular flexibility index (Phi) is 5.13. The summed E-state index contributed by atoms with van der Waals surface area (Å²) in [5.41, 5.74) is 3.84. The van der Waals surface area contributed by atoms with E-state index in [4.69, 9.17) is 4.43 Å². The highest BCUT2D eigenvalue weighted by molar-refractivity contribution is 6.74. The topological polar surface area (TPSA) is 29.5 Å². The Morgan fingerprint density at radius 2 is 1.23 bits per heavy atom. The maximum Gasteiger partial charge on any atom is 0.250 e. The Bertz CT molecular complexity index is 1300. The van der Waals surface area contributed by atoms with Gasteiger partial charge in [-0.05, 0) is 76.8 Å².